The molecule has 0 aliphatic carbocycles. The zero-order valence-corrected chi connectivity index (χ0v) is 11.8. The Balaban J connectivity index is 2.73. The van der Waals surface area contributed by atoms with Crippen LogP contribution in [0.5, 0.6) is 0 Å². The third-order valence-corrected chi connectivity index (χ3v) is 3.88. The van der Waals surface area contributed by atoms with E-state index in [2.05, 4.69) is 10.3 Å². The number of halogens is 3. The summed E-state index contributed by atoms with van der Waals surface area (Å²) in [5.41, 5.74) is -0.998. The van der Waals surface area contributed by atoms with Gasteiger partial charge in [0.1, 0.15) is 5.69 Å². The highest BCUT2D eigenvalue weighted by molar-refractivity contribution is 7.99. The van der Waals surface area contributed by atoms with Crippen molar-refractivity contribution in [3.8, 4) is 0 Å². The standard InChI is InChI=1S/C12H15F3N2O2S/c1-7(9(6-18)20-2)17-11(19)8-3-4-10(16-5-8)12(13,14)15/h3-5,7,9,18H,6H2,1-2H3,(H,17,19)/t7-,9-/m1/s1. The van der Waals surface area contributed by atoms with Crippen LogP contribution in [0.1, 0.15) is 23.0 Å². The van der Waals surface area contributed by atoms with E-state index in [1.54, 1.807) is 13.2 Å². The van der Waals surface area contributed by atoms with Crippen LogP contribution in [-0.4, -0.2) is 40.2 Å². The molecule has 0 aliphatic rings. The van der Waals surface area contributed by atoms with Gasteiger partial charge in [0.15, 0.2) is 0 Å². The fraction of sp³-hybridized carbons (Fsp3) is 0.500. The number of hydrogen-bond donors (Lipinski definition) is 2. The van der Waals surface area contributed by atoms with Crippen molar-refractivity contribution in [3.05, 3.63) is 29.6 Å². The van der Waals surface area contributed by atoms with Gasteiger partial charge >= 0.3 is 6.18 Å². The SMILES string of the molecule is CS[C@H](CO)[C@@H](C)NC(=O)c1ccc(C(F)(F)F)nc1. The van der Waals surface area contributed by atoms with Crippen LogP contribution in [0, 0.1) is 0 Å². The molecule has 8 heteroatoms. The maximum atomic E-state index is 12.3. The maximum absolute atomic E-state index is 12.3. The second kappa shape index (κ2) is 6.94. The monoisotopic (exact) mass is 308 g/mol. The van der Waals surface area contributed by atoms with E-state index in [9.17, 15) is 18.0 Å². The molecule has 112 valence electrons. The van der Waals surface area contributed by atoms with Gasteiger partial charge in [-0.1, -0.05) is 0 Å². The average molecular weight is 308 g/mol. The first-order chi connectivity index (χ1) is 9.29. The Labute approximate surface area is 118 Å². The predicted octanol–water partition coefficient (Wildman–Crippen LogP) is 1.94. The number of nitrogens with one attached hydrogen (secondary N) is 1. The lowest BCUT2D eigenvalue weighted by Gasteiger charge is -2.21. The normalized spacial score (nSPS) is 14.7. The molecule has 0 saturated heterocycles. The molecule has 1 aromatic heterocycles. The lowest BCUT2D eigenvalue weighted by molar-refractivity contribution is -0.141. The largest absolute Gasteiger partial charge is 0.433 e. The summed E-state index contributed by atoms with van der Waals surface area (Å²) >= 11 is 1.39. The van der Waals surface area contributed by atoms with Gasteiger partial charge in [0.25, 0.3) is 5.91 Å². The van der Waals surface area contributed by atoms with Gasteiger partial charge in [0, 0.05) is 17.5 Å². The molecular formula is C12H15F3N2O2S. The molecule has 0 saturated carbocycles. The summed E-state index contributed by atoms with van der Waals surface area (Å²) in [6, 6.07) is 1.52. The number of aliphatic hydroxyl groups excluding tert-OH is 1. The van der Waals surface area contributed by atoms with Crippen LogP contribution < -0.4 is 5.32 Å². The number of aromatic nitrogens is 1. The van der Waals surface area contributed by atoms with Crippen LogP contribution in [0.3, 0.4) is 0 Å². The van der Waals surface area contributed by atoms with Gasteiger partial charge in [-0.05, 0) is 25.3 Å². The van der Waals surface area contributed by atoms with Crippen LogP contribution in [0.15, 0.2) is 18.3 Å². The molecule has 0 aliphatic heterocycles. The van der Waals surface area contributed by atoms with Crippen LogP contribution in [0.2, 0.25) is 0 Å². The van der Waals surface area contributed by atoms with Crippen molar-refractivity contribution in [3.63, 3.8) is 0 Å². The summed E-state index contributed by atoms with van der Waals surface area (Å²) in [7, 11) is 0. The Morgan fingerprint density at radius 1 is 1.50 bits per heavy atom. The molecular weight excluding hydrogens is 293 g/mol. The molecule has 1 rings (SSSR count). The fourth-order valence-electron chi connectivity index (χ4n) is 1.52. The highest BCUT2D eigenvalue weighted by Gasteiger charge is 2.32. The van der Waals surface area contributed by atoms with Crippen molar-refractivity contribution in [1.29, 1.82) is 0 Å². The number of hydrogen-bond acceptors (Lipinski definition) is 4. The van der Waals surface area contributed by atoms with Crippen molar-refractivity contribution in [2.24, 2.45) is 0 Å². The number of thioether (sulfide) groups is 1. The quantitative estimate of drug-likeness (QED) is 0.873. The Bertz CT molecular complexity index is 447. The van der Waals surface area contributed by atoms with E-state index in [1.165, 1.54) is 11.8 Å². The summed E-state index contributed by atoms with van der Waals surface area (Å²) in [6.45, 7) is 1.61. The predicted molar refractivity (Wildman–Crippen MR) is 70.6 cm³/mol. The van der Waals surface area contributed by atoms with Gasteiger partial charge in [0.2, 0.25) is 0 Å². The van der Waals surface area contributed by atoms with E-state index in [0.29, 0.717) is 0 Å². The maximum Gasteiger partial charge on any atom is 0.433 e. The van der Waals surface area contributed by atoms with E-state index >= 15 is 0 Å². The zero-order chi connectivity index (χ0) is 15.3. The van der Waals surface area contributed by atoms with Gasteiger partial charge in [0.05, 0.1) is 12.2 Å². The van der Waals surface area contributed by atoms with Crippen molar-refractivity contribution in [2.45, 2.75) is 24.4 Å². The van der Waals surface area contributed by atoms with Gasteiger partial charge < -0.3 is 10.4 Å². The van der Waals surface area contributed by atoms with Crippen molar-refractivity contribution < 1.29 is 23.1 Å². The molecule has 2 N–H and O–H groups in total. The second-order valence-electron chi connectivity index (χ2n) is 4.15. The summed E-state index contributed by atoms with van der Waals surface area (Å²) in [4.78, 5) is 15.1. The summed E-state index contributed by atoms with van der Waals surface area (Å²) in [5, 5.41) is 11.5. The number of alkyl halides is 3. The number of amides is 1. The molecule has 0 unspecified atom stereocenters. The first-order valence-corrected chi connectivity index (χ1v) is 7.06. The molecule has 0 spiro atoms. The number of rotatable bonds is 5. The van der Waals surface area contributed by atoms with Crippen LogP contribution in [-0.2, 0) is 6.18 Å². The van der Waals surface area contributed by atoms with Gasteiger partial charge in [-0.25, -0.2) is 0 Å². The Morgan fingerprint density at radius 2 is 2.15 bits per heavy atom. The molecule has 2 atom stereocenters. The summed E-state index contributed by atoms with van der Waals surface area (Å²) in [5.74, 6) is -0.522. The third-order valence-electron chi connectivity index (χ3n) is 2.72. The topological polar surface area (TPSA) is 62.2 Å². The second-order valence-corrected chi connectivity index (χ2v) is 5.23. The number of aliphatic hydroxyl groups is 1. The first-order valence-electron chi connectivity index (χ1n) is 5.77. The fourth-order valence-corrected chi connectivity index (χ4v) is 2.14. The number of nitrogens with zero attached hydrogens (tertiary/aromatic N) is 1. The van der Waals surface area contributed by atoms with Crippen molar-refractivity contribution in [1.82, 2.24) is 10.3 Å². The molecule has 1 heterocycles. The highest BCUT2D eigenvalue weighted by Crippen LogP contribution is 2.27. The van der Waals surface area contributed by atoms with Crippen LogP contribution in [0.4, 0.5) is 13.2 Å². The highest BCUT2D eigenvalue weighted by atomic mass is 32.2. The molecule has 1 aromatic rings. The molecule has 0 bridgehead atoms. The Hall–Kier alpha value is -1.28. The van der Waals surface area contributed by atoms with Gasteiger partial charge in [-0.2, -0.15) is 24.9 Å². The van der Waals surface area contributed by atoms with E-state index < -0.39 is 17.8 Å². The van der Waals surface area contributed by atoms with Gasteiger partial charge in [-0.3, -0.25) is 9.78 Å². The smallest absolute Gasteiger partial charge is 0.395 e. The first kappa shape index (κ1) is 16.8. The molecule has 20 heavy (non-hydrogen) atoms. The number of carbonyl (C=O) groups excluding carboxylic acids is 1. The average Bonchev–Trinajstić information content (AvgIpc) is 2.39. The lowest BCUT2D eigenvalue weighted by atomic mass is 10.2. The summed E-state index contributed by atoms with van der Waals surface area (Å²) in [6.07, 6.45) is -1.84. The molecule has 4 nitrogen and oxygen atoms in total. The Kier molecular flexibility index (Phi) is 5.82. The zero-order valence-electron chi connectivity index (χ0n) is 10.9. The molecule has 0 radical (unpaired) electrons. The minimum atomic E-state index is -4.52. The van der Waals surface area contributed by atoms with E-state index in [0.717, 1.165) is 18.3 Å². The molecule has 0 fully saturated rings. The summed E-state index contributed by atoms with van der Waals surface area (Å²) < 4.78 is 37.0. The van der Waals surface area contributed by atoms with Crippen LogP contribution >= 0.6 is 11.8 Å². The van der Waals surface area contributed by atoms with Crippen molar-refractivity contribution in [2.75, 3.05) is 12.9 Å². The van der Waals surface area contributed by atoms with Crippen molar-refractivity contribution >= 4 is 17.7 Å². The Morgan fingerprint density at radius 3 is 2.55 bits per heavy atom. The number of carbonyl (C=O) groups is 1. The lowest BCUT2D eigenvalue weighted by Crippen LogP contribution is -2.41. The third kappa shape index (κ3) is 4.38. The van der Waals surface area contributed by atoms with E-state index in [1.807, 2.05) is 0 Å². The number of pyridine rings is 1. The van der Waals surface area contributed by atoms with E-state index in [4.69, 9.17) is 5.11 Å². The van der Waals surface area contributed by atoms with E-state index in [-0.39, 0.29) is 23.5 Å². The minimum Gasteiger partial charge on any atom is -0.395 e. The van der Waals surface area contributed by atoms with Gasteiger partial charge in [-0.15, -0.1) is 0 Å². The molecule has 0 aromatic carbocycles. The molecule has 1 amide bonds. The minimum absolute atomic E-state index is 0.0441. The van der Waals surface area contributed by atoms with Crippen LogP contribution in [0.25, 0.3) is 0 Å².